The summed E-state index contributed by atoms with van der Waals surface area (Å²) in [5.74, 6) is 0.524. The van der Waals surface area contributed by atoms with Crippen molar-refractivity contribution in [2.45, 2.75) is 57.9 Å². The van der Waals surface area contributed by atoms with Crippen LogP contribution in [0.25, 0.3) is 0 Å². The molecule has 0 aromatic carbocycles. The lowest BCUT2D eigenvalue weighted by molar-refractivity contribution is -0.126. The maximum absolute atomic E-state index is 12.2. The maximum Gasteiger partial charge on any atom is 0.223 e. The monoisotopic (exact) mass is 281 g/mol. The molecule has 0 radical (unpaired) electrons. The topological polar surface area (TPSA) is 44.4 Å². The average Bonchev–Trinajstić information content (AvgIpc) is 2.52. The zero-order valence-corrected chi connectivity index (χ0v) is 13.0. The fraction of sp³-hybridized carbons (Fsp3) is 0.938. The number of piperidine rings is 2. The van der Waals surface area contributed by atoms with E-state index in [1.54, 1.807) is 0 Å². The molecule has 1 atom stereocenters. The average molecular weight is 281 g/mol. The predicted octanol–water partition coefficient (Wildman–Crippen LogP) is 1.76. The van der Waals surface area contributed by atoms with Crippen LogP contribution in [0.4, 0.5) is 0 Å². The van der Waals surface area contributed by atoms with Gasteiger partial charge in [0, 0.05) is 18.5 Å². The molecule has 4 heteroatoms. The fourth-order valence-corrected chi connectivity index (χ4v) is 3.39. The number of amides is 1. The summed E-state index contributed by atoms with van der Waals surface area (Å²) in [5.41, 5.74) is 0. The highest BCUT2D eigenvalue weighted by Crippen LogP contribution is 2.18. The van der Waals surface area contributed by atoms with Crippen molar-refractivity contribution in [3.8, 4) is 0 Å². The molecule has 2 rings (SSSR count). The van der Waals surface area contributed by atoms with Crippen LogP contribution in [0.2, 0.25) is 0 Å². The van der Waals surface area contributed by atoms with Crippen LogP contribution >= 0.6 is 0 Å². The van der Waals surface area contributed by atoms with Gasteiger partial charge in [0.15, 0.2) is 0 Å². The standard InChI is InChI=1S/C16H31N3O/c1-2-3-11-19-12-5-4-6-15(19)13-18-16(20)14-7-9-17-10-8-14/h14-15,17H,2-13H2,1H3,(H,18,20). The van der Waals surface area contributed by atoms with Gasteiger partial charge in [-0.3, -0.25) is 9.69 Å². The second-order valence-electron chi connectivity index (χ2n) is 6.31. The first-order valence-electron chi connectivity index (χ1n) is 8.53. The lowest BCUT2D eigenvalue weighted by atomic mass is 9.96. The number of hydrogen-bond acceptors (Lipinski definition) is 3. The van der Waals surface area contributed by atoms with Crippen LogP contribution in [-0.4, -0.2) is 49.6 Å². The zero-order valence-electron chi connectivity index (χ0n) is 13.0. The second kappa shape index (κ2) is 8.63. The van der Waals surface area contributed by atoms with Gasteiger partial charge >= 0.3 is 0 Å². The summed E-state index contributed by atoms with van der Waals surface area (Å²) in [6.07, 6.45) is 8.41. The van der Waals surface area contributed by atoms with Crippen LogP contribution in [0.15, 0.2) is 0 Å². The lowest BCUT2D eigenvalue weighted by Gasteiger charge is -2.36. The van der Waals surface area contributed by atoms with E-state index in [-0.39, 0.29) is 11.8 Å². The van der Waals surface area contributed by atoms with E-state index in [4.69, 9.17) is 0 Å². The van der Waals surface area contributed by atoms with Gasteiger partial charge in [0.2, 0.25) is 5.91 Å². The van der Waals surface area contributed by atoms with E-state index in [1.807, 2.05) is 0 Å². The molecule has 0 aromatic rings. The molecule has 2 N–H and O–H groups in total. The summed E-state index contributed by atoms with van der Waals surface area (Å²) in [4.78, 5) is 14.8. The summed E-state index contributed by atoms with van der Waals surface area (Å²) in [6.45, 7) is 7.50. The first kappa shape index (κ1) is 15.8. The van der Waals surface area contributed by atoms with E-state index in [9.17, 15) is 4.79 Å². The molecule has 20 heavy (non-hydrogen) atoms. The van der Waals surface area contributed by atoms with E-state index in [0.29, 0.717) is 6.04 Å². The third-order valence-corrected chi connectivity index (χ3v) is 4.77. The van der Waals surface area contributed by atoms with E-state index in [2.05, 4.69) is 22.5 Å². The van der Waals surface area contributed by atoms with E-state index in [1.165, 1.54) is 45.2 Å². The minimum atomic E-state index is 0.240. The zero-order chi connectivity index (χ0) is 14.2. The quantitative estimate of drug-likeness (QED) is 0.780. The molecule has 1 unspecified atom stereocenters. The van der Waals surface area contributed by atoms with E-state index in [0.717, 1.165) is 32.5 Å². The number of nitrogens with one attached hydrogen (secondary N) is 2. The molecule has 0 saturated carbocycles. The van der Waals surface area contributed by atoms with Crippen molar-refractivity contribution in [3.63, 3.8) is 0 Å². The molecular formula is C16H31N3O. The van der Waals surface area contributed by atoms with Crippen molar-refractivity contribution < 1.29 is 4.79 Å². The molecule has 2 aliphatic heterocycles. The summed E-state index contributed by atoms with van der Waals surface area (Å²) >= 11 is 0. The molecule has 2 fully saturated rings. The van der Waals surface area contributed by atoms with Crippen molar-refractivity contribution in [3.05, 3.63) is 0 Å². The van der Waals surface area contributed by atoms with Crippen molar-refractivity contribution in [2.24, 2.45) is 5.92 Å². The van der Waals surface area contributed by atoms with Gasteiger partial charge in [-0.25, -0.2) is 0 Å². The highest BCUT2D eigenvalue weighted by atomic mass is 16.1. The van der Waals surface area contributed by atoms with Crippen molar-refractivity contribution in [1.29, 1.82) is 0 Å². The van der Waals surface area contributed by atoms with Gasteiger partial charge in [0.05, 0.1) is 0 Å². The molecule has 1 amide bonds. The molecule has 0 aliphatic carbocycles. The first-order valence-corrected chi connectivity index (χ1v) is 8.53. The lowest BCUT2D eigenvalue weighted by Crippen LogP contribution is -2.48. The van der Waals surface area contributed by atoms with Gasteiger partial charge in [-0.2, -0.15) is 0 Å². The van der Waals surface area contributed by atoms with E-state index >= 15 is 0 Å². The van der Waals surface area contributed by atoms with Gasteiger partial charge < -0.3 is 10.6 Å². The van der Waals surface area contributed by atoms with Gasteiger partial charge in [-0.15, -0.1) is 0 Å². The van der Waals surface area contributed by atoms with Crippen LogP contribution in [0.1, 0.15) is 51.9 Å². The molecular weight excluding hydrogens is 250 g/mol. The SMILES string of the molecule is CCCCN1CCCCC1CNC(=O)C1CCNCC1. The van der Waals surface area contributed by atoms with Crippen LogP contribution in [0, 0.1) is 5.92 Å². The molecule has 0 bridgehead atoms. The number of hydrogen-bond donors (Lipinski definition) is 2. The van der Waals surface area contributed by atoms with Gasteiger partial charge in [0.25, 0.3) is 0 Å². The Morgan fingerprint density at radius 2 is 2.05 bits per heavy atom. The molecule has 0 aromatic heterocycles. The third-order valence-electron chi connectivity index (χ3n) is 4.77. The first-order chi connectivity index (χ1) is 9.81. The molecule has 0 spiro atoms. The summed E-state index contributed by atoms with van der Waals surface area (Å²) in [5, 5.41) is 6.54. The summed E-state index contributed by atoms with van der Waals surface area (Å²) in [6, 6.07) is 0.570. The molecule has 116 valence electrons. The normalized spacial score (nSPS) is 25.6. The van der Waals surface area contributed by atoms with Crippen LogP contribution in [-0.2, 0) is 4.79 Å². The Hall–Kier alpha value is -0.610. The number of rotatable bonds is 6. The second-order valence-corrected chi connectivity index (χ2v) is 6.31. The third kappa shape index (κ3) is 4.74. The fourth-order valence-electron chi connectivity index (χ4n) is 3.39. The smallest absolute Gasteiger partial charge is 0.223 e. The van der Waals surface area contributed by atoms with Crippen molar-refractivity contribution in [1.82, 2.24) is 15.5 Å². The van der Waals surface area contributed by atoms with Crippen molar-refractivity contribution >= 4 is 5.91 Å². The minimum absolute atomic E-state index is 0.240. The molecule has 2 aliphatic rings. The number of carbonyl (C=O) groups excluding carboxylic acids is 1. The Morgan fingerprint density at radius 3 is 2.80 bits per heavy atom. The van der Waals surface area contributed by atoms with Gasteiger partial charge in [-0.1, -0.05) is 19.8 Å². The Kier molecular flexibility index (Phi) is 6.80. The predicted molar refractivity (Wildman–Crippen MR) is 82.7 cm³/mol. The van der Waals surface area contributed by atoms with Gasteiger partial charge in [-0.05, 0) is 58.3 Å². The van der Waals surface area contributed by atoms with Crippen LogP contribution < -0.4 is 10.6 Å². The van der Waals surface area contributed by atoms with Crippen LogP contribution in [0.5, 0.6) is 0 Å². The summed E-state index contributed by atoms with van der Waals surface area (Å²) < 4.78 is 0. The Bertz CT molecular complexity index is 289. The molecule has 2 saturated heterocycles. The number of carbonyl (C=O) groups is 1. The van der Waals surface area contributed by atoms with Crippen molar-refractivity contribution in [2.75, 3.05) is 32.7 Å². The number of unbranched alkanes of at least 4 members (excludes halogenated alkanes) is 1. The highest BCUT2D eigenvalue weighted by molar-refractivity contribution is 5.78. The number of nitrogens with zero attached hydrogens (tertiary/aromatic N) is 1. The maximum atomic E-state index is 12.2. The highest BCUT2D eigenvalue weighted by Gasteiger charge is 2.25. The molecule has 2 heterocycles. The molecule has 4 nitrogen and oxygen atoms in total. The Balaban J connectivity index is 1.73. The van der Waals surface area contributed by atoms with Crippen LogP contribution in [0.3, 0.4) is 0 Å². The van der Waals surface area contributed by atoms with Gasteiger partial charge in [0.1, 0.15) is 0 Å². The van der Waals surface area contributed by atoms with E-state index < -0.39 is 0 Å². The largest absolute Gasteiger partial charge is 0.354 e. The Morgan fingerprint density at radius 1 is 1.25 bits per heavy atom. The summed E-state index contributed by atoms with van der Waals surface area (Å²) in [7, 11) is 0. The Labute approximate surface area is 123 Å². The number of likely N-dealkylation sites (tertiary alicyclic amines) is 1. The minimum Gasteiger partial charge on any atom is -0.354 e.